The van der Waals surface area contributed by atoms with Crippen molar-refractivity contribution in [3.63, 3.8) is 0 Å². The fraction of sp³-hybridized carbons (Fsp3) is 0.900. The Morgan fingerprint density at radius 3 is 2.33 bits per heavy atom. The van der Waals surface area contributed by atoms with Crippen LogP contribution in [0.2, 0.25) is 0 Å². The van der Waals surface area contributed by atoms with E-state index in [1.54, 1.807) is 0 Å². The standard InChI is InChI=1S/C10H18N2O2S/c1-9(2,3)15(13)12-8(5-11)10(4)6-14-7-10/h8,12H,6-7H2,1-4H3/t8-,15-/m1/s1. The number of ether oxygens (including phenoxy) is 1. The van der Waals surface area contributed by atoms with E-state index in [9.17, 15) is 4.21 Å². The highest BCUT2D eigenvalue weighted by Crippen LogP contribution is 2.31. The second-order valence-electron chi connectivity index (χ2n) is 5.21. The lowest BCUT2D eigenvalue weighted by Crippen LogP contribution is -2.56. The summed E-state index contributed by atoms with van der Waals surface area (Å²) in [7, 11) is -1.21. The molecular weight excluding hydrogens is 212 g/mol. The van der Waals surface area contributed by atoms with Gasteiger partial charge in [0.25, 0.3) is 0 Å². The molecule has 0 saturated carbocycles. The van der Waals surface area contributed by atoms with Crippen molar-refractivity contribution < 1.29 is 8.95 Å². The van der Waals surface area contributed by atoms with Crippen LogP contribution in [0.15, 0.2) is 0 Å². The van der Waals surface area contributed by atoms with E-state index in [1.807, 2.05) is 27.7 Å². The normalized spacial score (nSPS) is 23.7. The third-order valence-corrected chi connectivity index (χ3v) is 4.03. The predicted octanol–water partition coefficient (Wildman–Crippen LogP) is 0.967. The zero-order chi connectivity index (χ0) is 11.7. The summed E-state index contributed by atoms with van der Waals surface area (Å²) in [5.41, 5.74) is -0.199. The van der Waals surface area contributed by atoms with Gasteiger partial charge in [0.1, 0.15) is 6.04 Å². The lowest BCUT2D eigenvalue weighted by molar-refractivity contribution is -0.108. The van der Waals surface area contributed by atoms with Gasteiger partial charge >= 0.3 is 0 Å². The predicted molar refractivity (Wildman–Crippen MR) is 59.4 cm³/mol. The summed E-state index contributed by atoms with van der Waals surface area (Å²) < 4.78 is 19.5. The summed E-state index contributed by atoms with van der Waals surface area (Å²) in [6.07, 6.45) is 0. The average Bonchev–Trinajstić information content (AvgIpc) is 2.08. The lowest BCUT2D eigenvalue weighted by Gasteiger charge is -2.41. The molecule has 15 heavy (non-hydrogen) atoms. The molecule has 86 valence electrons. The van der Waals surface area contributed by atoms with Gasteiger partial charge in [-0.15, -0.1) is 0 Å². The molecule has 5 heteroatoms. The molecule has 1 N–H and O–H groups in total. The van der Waals surface area contributed by atoms with Crippen LogP contribution >= 0.6 is 0 Å². The zero-order valence-corrected chi connectivity index (χ0v) is 10.5. The molecule has 1 fully saturated rings. The smallest absolute Gasteiger partial charge is 0.116 e. The van der Waals surface area contributed by atoms with Crippen molar-refractivity contribution in [2.24, 2.45) is 5.41 Å². The minimum atomic E-state index is -1.21. The number of rotatable bonds is 3. The molecule has 1 aliphatic rings. The van der Waals surface area contributed by atoms with Gasteiger partial charge in [0.05, 0.1) is 35.0 Å². The Morgan fingerprint density at radius 1 is 1.53 bits per heavy atom. The first-order chi connectivity index (χ1) is 6.79. The molecular formula is C10H18N2O2S. The van der Waals surface area contributed by atoms with Crippen LogP contribution in [0.25, 0.3) is 0 Å². The minimum absolute atomic E-state index is 0.199. The highest BCUT2D eigenvalue weighted by Gasteiger charge is 2.43. The highest BCUT2D eigenvalue weighted by molar-refractivity contribution is 7.84. The fourth-order valence-electron chi connectivity index (χ4n) is 1.20. The topological polar surface area (TPSA) is 62.1 Å². The molecule has 0 spiro atoms. The van der Waals surface area contributed by atoms with Crippen LogP contribution in [0, 0.1) is 16.7 Å². The molecule has 1 rings (SSSR count). The van der Waals surface area contributed by atoms with E-state index in [4.69, 9.17) is 10.00 Å². The molecule has 0 aromatic carbocycles. The Morgan fingerprint density at radius 2 is 2.07 bits per heavy atom. The van der Waals surface area contributed by atoms with E-state index in [0.29, 0.717) is 13.2 Å². The number of nitrogens with zero attached hydrogens (tertiary/aromatic N) is 1. The van der Waals surface area contributed by atoms with E-state index in [1.165, 1.54) is 0 Å². The molecule has 0 aromatic rings. The van der Waals surface area contributed by atoms with Gasteiger partial charge in [-0.2, -0.15) is 5.26 Å². The quantitative estimate of drug-likeness (QED) is 0.785. The van der Waals surface area contributed by atoms with Crippen LogP contribution in [0.4, 0.5) is 0 Å². The van der Waals surface area contributed by atoms with Crippen LogP contribution in [0.3, 0.4) is 0 Å². The van der Waals surface area contributed by atoms with Gasteiger partial charge in [0.2, 0.25) is 0 Å². The van der Waals surface area contributed by atoms with Gasteiger partial charge in [-0.25, -0.2) is 8.93 Å². The van der Waals surface area contributed by atoms with Crippen LogP contribution < -0.4 is 4.72 Å². The first-order valence-electron chi connectivity index (χ1n) is 4.95. The first kappa shape index (κ1) is 12.6. The molecule has 0 aliphatic carbocycles. The van der Waals surface area contributed by atoms with E-state index in [-0.39, 0.29) is 10.2 Å². The molecule has 0 aromatic heterocycles. The number of nitrogens with one attached hydrogen (secondary N) is 1. The number of nitriles is 1. The molecule has 2 atom stereocenters. The van der Waals surface area contributed by atoms with Crippen LogP contribution in [0.5, 0.6) is 0 Å². The Labute approximate surface area is 93.6 Å². The largest absolute Gasteiger partial charge is 0.380 e. The summed E-state index contributed by atoms with van der Waals surface area (Å²) in [5, 5.41) is 9.04. The lowest BCUT2D eigenvalue weighted by atomic mass is 9.82. The summed E-state index contributed by atoms with van der Waals surface area (Å²) in [6.45, 7) is 8.72. The second kappa shape index (κ2) is 4.20. The van der Waals surface area contributed by atoms with Crippen LogP contribution in [-0.2, 0) is 15.7 Å². The van der Waals surface area contributed by atoms with Crippen molar-refractivity contribution in [1.29, 1.82) is 5.26 Å². The van der Waals surface area contributed by atoms with Gasteiger partial charge in [-0.05, 0) is 20.8 Å². The Balaban J connectivity index is 2.63. The van der Waals surface area contributed by atoms with E-state index in [0.717, 1.165) is 0 Å². The average molecular weight is 230 g/mol. The summed E-state index contributed by atoms with van der Waals surface area (Å²) >= 11 is 0. The first-order valence-corrected chi connectivity index (χ1v) is 6.10. The molecule has 1 aliphatic heterocycles. The monoisotopic (exact) mass is 230 g/mol. The molecule has 1 saturated heterocycles. The fourth-order valence-corrected chi connectivity index (χ4v) is 2.10. The summed E-state index contributed by atoms with van der Waals surface area (Å²) in [4.78, 5) is 0. The van der Waals surface area contributed by atoms with Crippen molar-refractivity contribution in [1.82, 2.24) is 4.72 Å². The van der Waals surface area contributed by atoms with Crippen molar-refractivity contribution in [2.75, 3.05) is 13.2 Å². The van der Waals surface area contributed by atoms with E-state index < -0.39 is 17.0 Å². The third kappa shape index (κ3) is 2.77. The molecule has 1 heterocycles. The SMILES string of the molecule is CC1([C@@H](C#N)N[S@](=O)C(C)(C)C)COC1. The van der Waals surface area contributed by atoms with Crippen LogP contribution in [-0.4, -0.2) is 28.2 Å². The van der Waals surface area contributed by atoms with Crippen LogP contribution in [0.1, 0.15) is 27.7 Å². The third-order valence-electron chi connectivity index (χ3n) is 2.47. The van der Waals surface area contributed by atoms with Crippen molar-refractivity contribution >= 4 is 11.0 Å². The maximum atomic E-state index is 11.8. The van der Waals surface area contributed by atoms with E-state index >= 15 is 0 Å². The van der Waals surface area contributed by atoms with Gasteiger partial charge in [-0.3, -0.25) is 0 Å². The Bertz CT molecular complexity index is 300. The Hall–Kier alpha value is -0.440. The maximum Gasteiger partial charge on any atom is 0.116 e. The maximum absolute atomic E-state index is 11.8. The van der Waals surface area contributed by atoms with E-state index in [2.05, 4.69) is 10.8 Å². The second-order valence-corrected chi connectivity index (χ2v) is 7.21. The van der Waals surface area contributed by atoms with Gasteiger partial charge in [-0.1, -0.05) is 6.92 Å². The van der Waals surface area contributed by atoms with Crippen molar-refractivity contribution in [2.45, 2.75) is 38.5 Å². The van der Waals surface area contributed by atoms with Crippen molar-refractivity contribution in [3.8, 4) is 6.07 Å². The minimum Gasteiger partial charge on any atom is -0.380 e. The molecule has 0 unspecified atom stereocenters. The molecule has 0 amide bonds. The van der Waals surface area contributed by atoms with Gasteiger partial charge < -0.3 is 4.74 Å². The molecule has 0 radical (unpaired) electrons. The van der Waals surface area contributed by atoms with Gasteiger partial charge in [0.15, 0.2) is 0 Å². The molecule has 0 bridgehead atoms. The van der Waals surface area contributed by atoms with Gasteiger partial charge in [0, 0.05) is 5.41 Å². The number of hydrogen-bond donors (Lipinski definition) is 1. The summed E-state index contributed by atoms with van der Waals surface area (Å²) in [6, 6.07) is 1.75. The molecule has 4 nitrogen and oxygen atoms in total. The Kier molecular flexibility index (Phi) is 3.54. The van der Waals surface area contributed by atoms with Crippen molar-refractivity contribution in [3.05, 3.63) is 0 Å². The highest BCUT2D eigenvalue weighted by atomic mass is 32.2. The summed E-state index contributed by atoms with van der Waals surface area (Å²) in [5.74, 6) is 0. The number of hydrogen-bond acceptors (Lipinski definition) is 3. The zero-order valence-electron chi connectivity index (χ0n) is 9.66.